The van der Waals surface area contributed by atoms with E-state index in [1.807, 2.05) is 20.8 Å². The third kappa shape index (κ3) is 4.07. The zero-order chi connectivity index (χ0) is 10.7. The van der Waals surface area contributed by atoms with Crippen molar-refractivity contribution in [2.24, 2.45) is 0 Å². The average molecular weight is 189 g/mol. The van der Waals surface area contributed by atoms with Gasteiger partial charge in [-0.1, -0.05) is 0 Å². The van der Waals surface area contributed by atoms with E-state index < -0.39 is 5.60 Å². The van der Waals surface area contributed by atoms with Crippen molar-refractivity contribution < 1.29 is 9.84 Å². The first-order valence-electron chi connectivity index (χ1n) is 4.69. The molecule has 0 heterocycles. The summed E-state index contributed by atoms with van der Waals surface area (Å²) in [5, 5.41) is 13.2. The first kappa shape index (κ1) is 12.9. The average Bonchev–Trinajstić information content (AvgIpc) is 1.83. The molecule has 0 saturated carbocycles. The third-order valence-electron chi connectivity index (χ3n) is 2.55. The molecule has 0 aromatic carbocycles. The molecule has 0 aliphatic heterocycles. The summed E-state index contributed by atoms with van der Waals surface area (Å²) in [7, 11) is 1.68. The van der Waals surface area contributed by atoms with Crippen molar-refractivity contribution in [3.63, 3.8) is 0 Å². The normalized spacial score (nSPS) is 15.9. The Kier molecular flexibility index (Phi) is 4.36. The largest absolute Gasteiger partial charge is 0.389 e. The Bertz CT molecular complexity index is 149. The third-order valence-corrected chi connectivity index (χ3v) is 2.55. The summed E-state index contributed by atoms with van der Waals surface area (Å²) < 4.78 is 5.02. The summed E-state index contributed by atoms with van der Waals surface area (Å²) in [4.78, 5) is 0. The summed E-state index contributed by atoms with van der Waals surface area (Å²) in [5.74, 6) is 0. The van der Waals surface area contributed by atoms with Crippen LogP contribution in [0.3, 0.4) is 0 Å². The molecule has 0 saturated heterocycles. The molecule has 0 rings (SSSR count). The zero-order valence-electron chi connectivity index (χ0n) is 9.64. The van der Waals surface area contributed by atoms with E-state index in [0.29, 0.717) is 6.61 Å². The van der Waals surface area contributed by atoms with Crippen LogP contribution in [0.1, 0.15) is 34.6 Å². The van der Waals surface area contributed by atoms with Crippen LogP contribution in [0.15, 0.2) is 0 Å². The number of rotatable bonds is 5. The van der Waals surface area contributed by atoms with E-state index >= 15 is 0 Å². The van der Waals surface area contributed by atoms with Crippen molar-refractivity contribution in [1.29, 1.82) is 0 Å². The van der Waals surface area contributed by atoms with Gasteiger partial charge in [0.1, 0.15) is 0 Å². The van der Waals surface area contributed by atoms with Crippen LogP contribution < -0.4 is 5.32 Å². The highest BCUT2D eigenvalue weighted by Gasteiger charge is 2.35. The molecule has 0 spiro atoms. The molecule has 0 aliphatic rings. The molecule has 0 bridgehead atoms. The van der Waals surface area contributed by atoms with E-state index in [1.165, 1.54) is 0 Å². The molecule has 0 aliphatic carbocycles. The highest BCUT2D eigenvalue weighted by atomic mass is 16.5. The molecule has 0 amide bonds. The van der Waals surface area contributed by atoms with Gasteiger partial charge in [-0.2, -0.15) is 0 Å². The summed E-state index contributed by atoms with van der Waals surface area (Å²) >= 11 is 0. The van der Waals surface area contributed by atoms with E-state index in [0.717, 1.165) is 0 Å². The van der Waals surface area contributed by atoms with Gasteiger partial charge >= 0.3 is 0 Å². The topological polar surface area (TPSA) is 41.5 Å². The summed E-state index contributed by atoms with van der Waals surface area (Å²) in [5.41, 5.74) is -1.06. The quantitative estimate of drug-likeness (QED) is 0.682. The van der Waals surface area contributed by atoms with Crippen LogP contribution >= 0.6 is 0 Å². The minimum absolute atomic E-state index is 0.242. The van der Waals surface area contributed by atoms with Gasteiger partial charge in [0.2, 0.25) is 0 Å². The fraction of sp³-hybridized carbons (Fsp3) is 1.00. The molecular weight excluding hydrogens is 166 g/mol. The number of hydrogen-bond donors (Lipinski definition) is 2. The number of methoxy groups -OCH3 is 1. The van der Waals surface area contributed by atoms with E-state index in [9.17, 15) is 5.11 Å². The molecule has 13 heavy (non-hydrogen) atoms. The molecule has 80 valence electrons. The van der Waals surface area contributed by atoms with Gasteiger partial charge in [0.05, 0.1) is 12.2 Å². The molecule has 3 heteroatoms. The van der Waals surface area contributed by atoms with Crippen molar-refractivity contribution in [3.8, 4) is 0 Å². The van der Waals surface area contributed by atoms with Gasteiger partial charge in [-0.05, 0) is 34.6 Å². The number of hydrogen-bond acceptors (Lipinski definition) is 3. The van der Waals surface area contributed by atoms with Crippen molar-refractivity contribution in [2.75, 3.05) is 13.7 Å². The second-order valence-electron chi connectivity index (χ2n) is 4.68. The first-order chi connectivity index (χ1) is 5.70. The lowest BCUT2D eigenvalue weighted by Gasteiger charge is -2.40. The molecule has 0 radical (unpaired) electrons. The van der Waals surface area contributed by atoms with Gasteiger partial charge in [-0.25, -0.2) is 0 Å². The van der Waals surface area contributed by atoms with E-state index in [4.69, 9.17) is 4.74 Å². The van der Waals surface area contributed by atoms with Crippen LogP contribution in [-0.2, 0) is 4.74 Å². The highest BCUT2D eigenvalue weighted by Crippen LogP contribution is 2.20. The lowest BCUT2D eigenvalue weighted by atomic mass is 9.85. The van der Waals surface area contributed by atoms with Gasteiger partial charge in [0, 0.05) is 18.7 Å². The zero-order valence-corrected chi connectivity index (χ0v) is 9.64. The molecule has 1 atom stereocenters. The van der Waals surface area contributed by atoms with E-state index in [2.05, 4.69) is 5.32 Å². The number of aliphatic hydroxyl groups is 1. The van der Waals surface area contributed by atoms with Crippen molar-refractivity contribution in [2.45, 2.75) is 51.8 Å². The van der Waals surface area contributed by atoms with Crippen LogP contribution in [0.4, 0.5) is 0 Å². The molecule has 0 fully saturated rings. The summed E-state index contributed by atoms with van der Waals surface area (Å²) in [6, 6.07) is 0.242. The molecule has 2 N–H and O–H groups in total. The standard InChI is InChI=1S/C10H23NO2/c1-8(7-13-6)11-9(2,3)10(4,5)12/h8,11-12H,7H2,1-6H3. The van der Waals surface area contributed by atoms with Gasteiger partial charge in [-0.15, -0.1) is 0 Å². The maximum absolute atomic E-state index is 9.86. The Hall–Kier alpha value is -0.120. The predicted octanol–water partition coefficient (Wildman–Crippen LogP) is 1.16. The Morgan fingerprint density at radius 1 is 1.31 bits per heavy atom. The maximum atomic E-state index is 9.86. The molecule has 0 aromatic heterocycles. The molecule has 1 unspecified atom stereocenters. The highest BCUT2D eigenvalue weighted by molar-refractivity contribution is 4.94. The minimum atomic E-state index is -0.741. The van der Waals surface area contributed by atoms with Crippen LogP contribution in [-0.4, -0.2) is 36.0 Å². The van der Waals surface area contributed by atoms with Crippen LogP contribution in [0.25, 0.3) is 0 Å². The van der Waals surface area contributed by atoms with Gasteiger partial charge in [0.25, 0.3) is 0 Å². The molecule has 0 aromatic rings. The molecular formula is C10H23NO2. The Labute approximate surface area is 81.5 Å². The fourth-order valence-corrected chi connectivity index (χ4v) is 1.08. The van der Waals surface area contributed by atoms with Crippen molar-refractivity contribution in [3.05, 3.63) is 0 Å². The Morgan fingerprint density at radius 3 is 2.08 bits per heavy atom. The Morgan fingerprint density at radius 2 is 1.77 bits per heavy atom. The lowest BCUT2D eigenvalue weighted by molar-refractivity contribution is -0.0136. The van der Waals surface area contributed by atoms with Crippen molar-refractivity contribution in [1.82, 2.24) is 5.32 Å². The van der Waals surface area contributed by atoms with Gasteiger partial charge in [0.15, 0.2) is 0 Å². The number of nitrogens with one attached hydrogen (secondary N) is 1. The van der Waals surface area contributed by atoms with E-state index in [1.54, 1.807) is 21.0 Å². The van der Waals surface area contributed by atoms with Crippen LogP contribution in [0, 0.1) is 0 Å². The SMILES string of the molecule is COCC(C)NC(C)(C)C(C)(C)O. The van der Waals surface area contributed by atoms with Gasteiger partial charge < -0.3 is 15.2 Å². The van der Waals surface area contributed by atoms with Gasteiger partial charge in [-0.3, -0.25) is 0 Å². The van der Waals surface area contributed by atoms with Crippen molar-refractivity contribution >= 4 is 0 Å². The van der Waals surface area contributed by atoms with Crippen LogP contribution in [0.5, 0.6) is 0 Å². The lowest BCUT2D eigenvalue weighted by Crippen LogP contribution is -2.59. The predicted molar refractivity (Wildman–Crippen MR) is 54.9 cm³/mol. The van der Waals surface area contributed by atoms with Crippen LogP contribution in [0.2, 0.25) is 0 Å². The fourth-order valence-electron chi connectivity index (χ4n) is 1.08. The second-order valence-corrected chi connectivity index (χ2v) is 4.68. The number of ether oxygens (including phenoxy) is 1. The van der Waals surface area contributed by atoms with E-state index in [-0.39, 0.29) is 11.6 Å². The second kappa shape index (κ2) is 4.40. The smallest absolute Gasteiger partial charge is 0.0767 e. The monoisotopic (exact) mass is 189 g/mol. The minimum Gasteiger partial charge on any atom is -0.389 e. The summed E-state index contributed by atoms with van der Waals surface area (Å²) in [6.07, 6.45) is 0. The maximum Gasteiger partial charge on any atom is 0.0767 e. The first-order valence-corrected chi connectivity index (χ1v) is 4.69. The Balaban J connectivity index is 4.17. The summed E-state index contributed by atoms with van der Waals surface area (Å²) in [6.45, 7) is 10.3. The molecule has 3 nitrogen and oxygen atoms in total.